The van der Waals surface area contributed by atoms with Crippen LogP contribution >= 0.6 is 0 Å². The minimum absolute atomic E-state index is 0.101. The zero-order valence-corrected chi connectivity index (χ0v) is 13.1. The second-order valence-electron chi connectivity index (χ2n) is 6.38. The molecule has 2 rings (SSSR count). The Kier molecular flexibility index (Phi) is 5.03. The third-order valence-electron chi connectivity index (χ3n) is 4.21. The molecule has 0 radical (unpaired) electrons. The van der Waals surface area contributed by atoms with Crippen molar-refractivity contribution in [2.24, 2.45) is 5.92 Å². The number of aryl methyl sites for hydroxylation is 1. The van der Waals surface area contributed by atoms with Gasteiger partial charge in [0.05, 0.1) is 0 Å². The molecule has 2 atom stereocenters. The zero-order valence-electron chi connectivity index (χ0n) is 13.1. The highest BCUT2D eigenvalue weighted by molar-refractivity contribution is 5.50. The van der Waals surface area contributed by atoms with Crippen LogP contribution in [0.3, 0.4) is 0 Å². The van der Waals surface area contributed by atoms with Crippen molar-refractivity contribution in [3.8, 4) is 0 Å². The van der Waals surface area contributed by atoms with Crippen LogP contribution in [0.5, 0.6) is 0 Å². The summed E-state index contributed by atoms with van der Waals surface area (Å²) in [6.45, 7) is 10.5. The predicted octanol–water partition coefficient (Wildman–Crippen LogP) is 3.74. The summed E-state index contributed by atoms with van der Waals surface area (Å²) in [6, 6.07) is 6.59. The highest BCUT2D eigenvalue weighted by atomic mass is 19.1. The molecule has 3 heteroatoms. The van der Waals surface area contributed by atoms with Gasteiger partial charge in [0.1, 0.15) is 5.82 Å². The molecule has 0 spiro atoms. The standard InChI is InChI=1S/C17H27FN2/c1-5-15-10-19-14(8-12(2)3)11-20(15)16-7-6-13(4)17(18)9-16/h6-7,9,12,14-15,19H,5,8,10-11H2,1-4H3. The number of nitrogens with one attached hydrogen (secondary N) is 1. The summed E-state index contributed by atoms with van der Waals surface area (Å²) in [7, 11) is 0. The molecule has 0 bridgehead atoms. The van der Waals surface area contributed by atoms with E-state index >= 15 is 0 Å². The minimum Gasteiger partial charge on any atom is -0.366 e. The Labute approximate surface area is 122 Å². The van der Waals surface area contributed by atoms with E-state index in [1.807, 2.05) is 13.0 Å². The van der Waals surface area contributed by atoms with Crippen LogP contribution in [0, 0.1) is 18.7 Å². The van der Waals surface area contributed by atoms with Crippen molar-refractivity contribution in [3.05, 3.63) is 29.6 Å². The van der Waals surface area contributed by atoms with E-state index in [4.69, 9.17) is 0 Å². The van der Waals surface area contributed by atoms with E-state index in [1.54, 1.807) is 6.07 Å². The second-order valence-corrected chi connectivity index (χ2v) is 6.38. The quantitative estimate of drug-likeness (QED) is 0.902. The molecule has 1 aliphatic rings. The van der Waals surface area contributed by atoms with Crippen LogP contribution in [0.25, 0.3) is 0 Å². The van der Waals surface area contributed by atoms with E-state index < -0.39 is 0 Å². The maximum absolute atomic E-state index is 13.8. The lowest BCUT2D eigenvalue weighted by Crippen LogP contribution is -2.56. The number of anilines is 1. The van der Waals surface area contributed by atoms with Gasteiger partial charge in [-0.3, -0.25) is 0 Å². The van der Waals surface area contributed by atoms with Gasteiger partial charge in [0, 0.05) is 30.9 Å². The van der Waals surface area contributed by atoms with E-state index in [0.29, 0.717) is 18.0 Å². The minimum atomic E-state index is -0.101. The van der Waals surface area contributed by atoms with Gasteiger partial charge >= 0.3 is 0 Å². The van der Waals surface area contributed by atoms with Crippen molar-refractivity contribution in [1.82, 2.24) is 5.32 Å². The first-order valence-electron chi connectivity index (χ1n) is 7.77. The van der Waals surface area contributed by atoms with Gasteiger partial charge in [-0.2, -0.15) is 0 Å². The summed E-state index contributed by atoms with van der Waals surface area (Å²) < 4.78 is 13.8. The summed E-state index contributed by atoms with van der Waals surface area (Å²) >= 11 is 0. The van der Waals surface area contributed by atoms with E-state index in [2.05, 4.69) is 37.1 Å². The molecule has 0 aromatic heterocycles. The Bertz CT molecular complexity index is 445. The van der Waals surface area contributed by atoms with Crippen molar-refractivity contribution >= 4 is 5.69 Å². The lowest BCUT2D eigenvalue weighted by atomic mass is 9.98. The third kappa shape index (κ3) is 3.51. The van der Waals surface area contributed by atoms with E-state index in [-0.39, 0.29) is 5.82 Å². The van der Waals surface area contributed by atoms with Gasteiger partial charge in [0.25, 0.3) is 0 Å². The Morgan fingerprint density at radius 3 is 2.75 bits per heavy atom. The summed E-state index contributed by atoms with van der Waals surface area (Å²) in [6.07, 6.45) is 2.25. The predicted molar refractivity (Wildman–Crippen MR) is 83.8 cm³/mol. The highest BCUT2D eigenvalue weighted by Crippen LogP contribution is 2.25. The van der Waals surface area contributed by atoms with Crippen LogP contribution in [-0.2, 0) is 0 Å². The molecule has 1 heterocycles. The van der Waals surface area contributed by atoms with Gasteiger partial charge in [-0.15, -0.1) is 0 Å². The Morgan fingerprint density at radius 2 is 2.15 bits per heavy atom. The zero-order chi connectivity index (χ0) is 14.7. The smallest absolute Gasteiger partial charge is 0.128 e. The SMILES string of the molecule is CCC1CNC(CC(C)C)CN1c1ccc(C)c(F)c1. The fraction of sp³-hybridized carbons (Fsp3) is 0.647. The molecule has 2 nitrogen and oxygen atoms in total. The van der Waals surface area contributed by atoms with Gasteiger partial charge in [0.2, 0.25) is 0 Å². The molecule has 0 saturated carbocycles. The molecular weight excluding hydrogens is 251 g/mol. The summed E-state index contributed by atoms with van der Waals surface area (Å²) in [5, 5.41) is 3.64. The number of benzene rings is 1. The first kappa shape index (κ1) is 15.3. The largest absolute Gasteiger partial charge is 0.366 e. The summed E-state index contributed by atoms with van der Waals surface area (Å²) in [5.41, 5.74) is 1.74. The number of piperazine rings is 1. The molecule has 1 aromatic carbocycles. The number of rotatable bonds is 4. The Hall–Kier alpha value is -1.09. The molecule has 1 aromatic rings. The fourth-order valence-electron chi connectivity index (χ4n) is 3.03. The molecule has 1 aliphatic heterocycles. The molecular formula is C17H27FN2. The van der Waals surface area contributed by atoms with E-state index in [1.165, 1.54) is 6.42 Å². The average Bonchev–Trinajstić information content (AvgIpc) is 2.41. The molecule has 2 unspecified atom stereocenters. The number of halogens is 1. The van der Waals surface area contributed by atoms with Crippen LogP contribution in [0.4, 0.5) is 10.1 Å². The molecule has 1 N–H and O–H groups in total. The maximum atomic E-state index is 13.8. The van der Waals surface area contributed by atoms with Crippen molar-refractivity contribution in [3.63, 3.8) is 0 Å². The Balaban J connectivity index is 2.17. The summed E-state index contributed by atoms with van der Waals surface area (Å²) in [5.74, 6) is 0.582. The molecule has 112 valence electrons. The third-order valence-corrected chi connectivity index (χ3v) is 4.21. The molecule has 20 heavy (non-hydrogen) atoms. The van der Waals surface area contributed by atoms with Gasteiger partial charge in [-0.25, -0.2) is 4.39 Å². The normalized spacial score (nSPS) is 23.4. The summed E-state index contributed by atoms with van der Waals surface area (Å²) in [4.78, 5) is 2.38. The van der Waals surface area contributed by atoms with Crippen molar-refractivity contribution in [2.45, 2.75) is 52.6 Å². The van der Waals surface area contributed by atoms with Crippen LogP contribution in [0.1, 0.15) is 39.2 Å². The average molecular weight is 278 g/mol. The van der Waals surface area contributed by atoms with Crippen LogP contribution in [0.2, 0.25) is 0 Å². The van der Waals surface area contributed by atoms with Gasteiger partial charge in [-0.1, -0.05) is 26.8 Å². The molecule has 1 fully saturated rings. The number of hydrogen-bond acceptors (Lipinski definition) is 2. The van der Waals surface area contributed by atoms with Crippen LogP contribution in [0.15, 0.2) is 18.2 Å². The lowest BCUT2D eigenvalue weighted by molar-refractivity contribution is 0.343. The van der Waals surface area contributed by atoms with E-state index in [9.17, 15) is 4.39 Å². The van der Waals surface area contributed by atoms with E-state index in [0.717, 1.165) is 30.8 Å². The van der Waals surface area contributed by atoms with Crippen molar-refractivity contribution < 1.29 is 4.39 Å². The number of hydrogen-bond donors (Lipinski definition) is 1. The van der Waals surface area contributed by atoms with Gasteiger partial charge in [0.15, 0.2) is 0 Å². The highest BCUT2D eigenvalue weighted by Gasteiger charge is 2.27. The molecule has 0 amide bonds. The molecule has 1 saturated heterocycles. The van der Waals surface area contributed by atoms with Crippen LogP contribution < -0.4 is 10.2 Å². The monoisotopic (exact) mass is 278 g/mol. The second kappa shape index (κ2) is 6.57. The first-order chi connectivity index (χ1) is 9.51. The first-order valence-corrected chi connectivity index (χ1v) is 7.77. The van der Waals surface area contributed by atoms with Crippen molar-refractivity contribution in [1.29, 1.82) is 0 Å². The van der Waals surface area contributed by atoms with Gasteiger partial charge < -0.3 is 10.2 Å². The topological polar surface area (TPSA) is 15.3 Å². The Morgan fingerprint density at radius 1 is 1.40 bits per heavy atom. The van der Waals surface area contributed by atoms with Crippen LogP contribution in [-0.4, -0.2) is 25.2 Å². The molecule has 0 aliphatic carbocycles. The lowest BCUT2D eigenvalue weighted by Gasteiger charge is -2.42. The maximum Gasteiger partial charge on any atom is 0.128 e. The van der Waals surface area contributed by atoms with Gasteiger partial charge in [-0.05, 0) is 43.4 Å². The number of nitrogens with zero attached hydrogens (tertiary/aromatic N) is 1. The fourth-order valence-corrected chi connectivity index (χ4v) is 3.03. The van der Waals surface area contributed by atoms with Crippen molar-refractivity contribution in [2.75, 3.05) is 18.0 Å².